The molecule has 0 aromatic heterocycles. The number of piperidine rings is 1. The highest BCUT2D eigenvalue weighted by molar-refractivity contribution is 5.90. The fourth-order valence-electron chi connectivity index (χ4n) is 4.23. The quantitative estimate of drug-likeness (QED) is 0.482. The predicted octanol–water partition coefficient (Wildman–Crippen LogP) is 4.43. The molecular formula is C20H24F5NO3. The van der Waals surface area contributed by atoms with Crippen LogP contribution in [0.5, 0.6) is 5.75 Å². The van der Waals surface area contributed by atoms with Gasteiger partial charge in [-0.3, -0.25) is 4.90 Å². The van der Waals surface area contributed by atoms with Crippen LogP contribution >= 0.6 is 0 Å². The summed E-state index contributed by atoms with van der Waals surface area (Å²) >= 11 is 0. The molecule has 0 amide bonds. The molecule has 0 bridgehead atoms. The Morgan fingerprint density at radius 3 is 2.34 bits per heavy atom. The van der Waals surface area contributed by atoms with Crippen molar-refractivity contribution in [1.29, 1.82) is 0 Å². The van der Waals surface area contributed by atoms with Gasteiger partial charge in [-0.15, -0.1) is 0 Å². The number of benzene rings is 1. The van der Waals surface area contributed by atoms with Crippen molar-refractivity contribution < 1.29 is 36.2 Å². The summed E-state index contributed by atoms with van der Waals surface area (Å²) in [4.78, 5) is 12.8. The molecule has 2 unspecified atom stereocenters. The molecule has 1 aromatic carbocycles. The molecule has 2 aliphatic rings. The molecular weight excluding hydrogens is 397 g/mol. The zero-order chi connectivity index (χ0) is 21.2. The van der Waals surface area contributed by atoms with Crippen molar-refractivity contribution in [2.45, 2.75) is 31.9 Å². The first-order chi connectivity index (χ1) is 13.7. The largest absolute Gasteiger partial charge is 0.493 e. The number of rotatable bonds is 7. The van der Waals surface area contributed by atoms with Gasteiger partial charge in [0.25, 0.3) is 0 Å². The van der Waals surface area contributed by atoms with Gasteiger partial charge in [-0.2, -0.15) is 13.2 Å². The zero-order valence-corrected chi connectivity index (χ0v) is 16.1. The van der Waals surface area contributed by atoms with E-state index in [9.17, 15) is 26.7 Å². The van der Waals surface area contributed by atoms with Crippen molar-refractivity contribution in [2.75, 3.05) is 33.4 Å². The maximum Gasteiger partial charge on any atom is 0.401 e. The van der Waals surface area contributed by atoms with E-state index in [2.05, 4.69) is 4.74 Å². The highest BCUT2D eigenvalue weighted by atomic mass is 19.4. The molecule has 0 spiro atoms. The Balaban J connectivity index is 1.40. The second kappa shape index (κ2) is 8.85. The highest BCUT2D eigenvalue weighted by Crippen LogP contribution is 2.49. The number of methoxy groups -OCH3 is 1. The highest BCUT2D eigenvalue weighted by Gasteiger charge is 2.44. The second-order valence-electron chi connectivity index (χ2n) is 7.78. The van der Waals surface area contributed by atoms with Gasteiger partial charge in [-0.05, 0) is 56.5 Å². The Hall–Kier alpha value is -1.90. The maximum atomic E-state index is 13.9. The van der Waals surface area contributed by atoms with Gasteiger partial charge in [-0.25, -0.2) is 13.6 Å². The van der Waals surface area contributed by atoms with Gasteiger partial charge < -0.3 is 9.47 Å². The van der Waals surface area contributed by atoms with Crippen LogP contribution in [0.25, 0.3) is 0 Å². The Morgan fingerprint density at radius 2 is 1.79 bits per heavy atom. The van der Waals surface area contributed by atoms with Crippen molar-refractivity contribution >= 4 is 5.97 Å². The average Bonchev–Trinajstić information content (AvgIpc) is 3.40. The summed E-state index contributed by atoms with van der Waals surface area (Å²) < 4.78 is 74.9. The number of carbonyl (C=O) groups excluding carboxylic acids is 1. The van der Waals surface area contributed by atoms with Crippen LogP contribution in [0.1, 0.15) is 36.0 Å². The van der Waals surface area contributed by atoms with Crippen LogP contribution in [0.4, 0.5) is 22.0 Å². The molecule has 29 heavy (non-hydrogen) atoms. The molecule has 2 atom stereocenters. The van der Waals surface area contributed by atoms with E-state index < -0.39 is 35.9 Å². The number of likely N-dealkylation sites (tertiary alicyclic amines) is 1. The summed E-state index contributed by atoms with van der Waals surface area (Å²) in [6, 6.07) is 1.91. The van der Waals surface area contributed by atoms with Crippen molar-refractivity contribution in [2.24, 2.45) is 17.8 Å². The Kier molecular flexibility index (Phi) is 6.65. The average molecular weight is 421 g/mol. The van der Waals surface area contributed by atoms with E-state index in [1.807, 2.05) is 0 Å². The lowest BCUT2D eigenvalue weighted by atomic mass is 9.90. The first kappa shape index (κ1) is 21.8. The fourth-order valence-corrected chi connectivity index (χ4v) is 4.23. The number of hydrogen-bond acceptors (Lipinski definition) is 4. The van der Waals surface area contributed by atoms with Gasteiger partial charge in [-0.1, -0.05) is 0 Å². The predicted molar refractivity (Wildman–Crippen MR) is 94.6 cm³/mol. The molecule has 1 aliphatic carbocycles. The zero-order valence-electron chi connectivity index (χ0n) is 16.1. The minimum atomic E-state index is -4.15. The van der Waals surface area contributed by atoms with Gasteiger partial charge in [0.05, 0.1) is 20.3 Å². The number of carbonyl (C=O) groups is 1. The number of esters is 1. The lowest BCUT2D eigenvalue weighted by Crippen LogP contribution is -2.40. The standard InChI is InChI=1S/C20H24F5NO3/c1-28-19(27)18-16(21)9-14(10-17(18)22)29-7-4-13-8-15(13)12-2-5-26(6-3-12)11-20(23,24)25/h9-10,12-13,15H,2-8,11H2,1H3. The number of ether oxygens (including phenoxy) is 2. The monoisotopic (exact) mass is 421 g/mol. The van der Waals surface area contributed by atoms with Crippen molar-refractivity contribution in [1.82, 2.24) is 4.90 Å². The molecule has 0 N–H and O–H groups in total. The molecule has 1 saturated heterocycles. The molecule has 2 fully saturated rings. The van der Waals surface area contributed by atoms with E-state index >= 15 is 0 Å². The second-order valence-corrected chi connectivity index (χ2v) is 7.78. The summed E-state index contributed by atoms with van der Waals surface area (Å²) in [7, 11) is 1.04. The first-order valence-electron chi connectivity index (χ1n) is 9.67. The summed E-state index contributed by atoms with van der Waals surface area (Å²) in [5.41, 5.74) is -0.751. The molecule has 1 heterocycles. The van der Waals surface area contributed by atoms with Crippen LogP contribution in [0.15, 0.2) is 12.1 Å². The van der Waals surface area contributed by atoms with E-state index in [-0.39, 0.29) is 12.4 Å². The van der Waals surface area contributed by atoms with E-state index in [4.69, 9.17) is 4.74 Å². The third-order valence-electron chi connectivity index (χ3n) is 5.78. The summed E-state index contributed by atoms with van der Waals surface area (Å²) in [6.45, 7) is 0.373. The smallest absolute Gasteiger partial charge is 0.401 e. The van der Waals surface area contributed by atoms with Crippen LogP contribution in [0.2, 0.25) is 0 Å². The van der Waals surface area contributed by atoms with E-state index in [0.29, 0.717) is 30.8 Å². The number of nitrogens with zero attached hydrogens (tertiary/aromatic N) is 1. The number of halogens is 5. The summed E-state index contributed by atoms with van der Waals surface area (Å²) in [6.07, 6.45) is -0.889. The van der Waals surface area contributed by atoms with Crippen molar-refractivity contribution in [3.63, 3.8) is 0 Å². The van der Waals surface area contributed by atoms with Crippen LogP contribution in [0.3, 0.4) is 0 Å². The summed E-state index contributed by atoms with van der Waals surface area (Å²) in [5, 5.41) is 0. The lowest BCUT2D eigenvalue weighted by Gasteiger charge is -2.32. The third-order valence-corrected chi connectivity index (χ3v) is 5.78. The number of alkyl halides is 3. The van der Waals surface area contributed by atoms with Gasteiger partial charge in [0, 0.05) is 12.1 Å². The van der Waals surface area contributed by atoms with Crippen molar-refractivity contribution in [3.05, 3.63) is 29.3 Å². The molecule has 1 saturated carbocycles. The SMILES string of the molecule is COC(=O)c1c(F)cc(OCCC2CC2C2CCN(CC(F)(F)F)CC2)cc1F. The fraction of sp³-hybridized carbons (Fsp3) is 0.650. The maximum absolute atomic E-state index is 13.9. The minimum Gasteiger partial charge on any atom is -0.493 e. The van der Waals surface area contributed by atoms with Gasteiger partial charge in [0.1, 0.15) is 22.9 Å². The van der Waals surface area contributed by atoms with Crippen LogP contribution < -0.4 is 4.74 Å². The number of hydrogen-bond donors (Lipinski definition) is 0. The Labute approximate surface area is 166 Å². The van der Waals surface area contributed by atoms with Gasteiger partial charge in [0.2, 0.25) is 0 Å². The van der Waals surface area contributed by atoms with Crippen LogP contribution in [-0.2, 0) is 4.74 Å². The molecule has 3 rings (SSSR count). The van der Waals surface area contributed by atoms with Crippen LogP contribution in [0, 0.1) is 29.4 Å². The molecule has 4 nitrogen and oxygen atoms in total. The van der Waals surface area contributed by atoms with E-state index in [1.165, 1.54) is 4.90 Å². The normalized spacial score (nSPS) is 23.1. The minimum absolute atomic E-state index is 0.00492. The molecule has 9 heteroatoms. The molecule has 1 aliphatic heterocycles. The topological polar surface area (TPSA) is 38.8 Å². The first-order valence-corrected chi connectivity index (χ1v) is 9.67. The lowest BCUT2D eigenvalue weighted by molar-refractivity contribution is -0.148. The molecule has 162 valence electrons. The van der Waals surface area contributed by atoms with E-state index in [0.717, 1.165) is 44.9 Å². The van der Waals surface area contributed by atoms with Crippen molar-refractivity contribution in [3.8, 4) is 5.75 Å². The van der Waals surface area contributed by atoms with Crippen LogP contribution in [-0.4, -0.2) is 50.4 Å². The van der Waals surface area contributed by atoms with Gasteiger partial charge in [0.15, 0.2) is 0 Å². The Bertz CT molecular complexity index is 708. The van der Waals surface area contributed by atoms with Gasteiger partial charge >= 0.3 is 12.1 Å². The third kappa shape index (κ3) is 5.81. The van der Waals surface area contributed by atoms with E-state index in [1.54, 1.807) is 0 Å². The molecule has 1 aromatic rings. The summed E-state index contributed by atoms with van der Waals surface area (Å²) in [5.74, 6) is -1.82. The Morgan fingerprint density at radius 1 is 1.17 bits per heavy atom. The molecule has 0 radical (unpaired) electrons.